The molecule has 0 spiro atoms. The van der Waals surface area contributed by atoms with E-state index < -0.39 is 11.4 Å². The fourth-order valence-electron chi connectivity index (χ4n) is 1.22. The standard InChI is InChI=1S/C8H19O2PS2.C6H15O2PS2.I2.2Zn/c1-3-5-7-9-11(12,13)10-8-6-4-2;1-5(2)7-9(10,11)8-6(3)4;1-2;;/h3-8H2,1-2H3,(H,12,13);5-6H,1-4H3,(H,10,11);;;/p-2. The largest absolute Gasteiger partial charge is 0.691 e. The second-order valence-electron chi connectivity index (χ2n) is 5.58. The molecule has 0 amide bonds. The SMILES string of the molecule is CC(C)OP(=S)([S-])OC(C)C.CCCCOP(=S)([S-])OCCCC.II.[Zn].[Zn]. The van der Waals surface area contributed by atoms with Crippen LogP contribution in [0.4, 0.5) is 0 Å². The number of unbranched alkanes of at least 4 members (excludes halogenated alkanes) is 2. The predicted molar refractivity (Wildman–Crippen MR) is 146 cm³/mol. The molecule has 14 heteroatoms. The van der Waals surface area contributed by atoms with Crippen LogP contribution in [0.5, 0.6) is 0 Å². The summed E-state index contributed by atoms with van der Waals surface area (Å²) >= 11 is 24.3. The monoisotopic (exact) mass is 836 g/mol. The Morgan fingerprint density at radius 3 is 1.25 bits per heavy atom. The quantitative estimate of drug-likeness (QED) is 0.0650. The van der Waals surface area contributed by atoms with Crippen molar-refractivity contribution in [2.75, 3.05) is 13.2 Å². The number of halogens is 2. The zero-order valence-electron chi connectivity index (χ0n) is 17.7. The first kappa shape index (κ1) is 42.7. The average Bonchev–Trinajstić information content (AvgIpc) is 2.47. The summed E-state index contributed by atoms with van der Waals surface area (Å²) in [4.78, 5) is 0. The van der Waals surface area contributed by atoms with E-state index >= 15 is 0 Å². The molecule has 0 radical (unpaired) electrons. The maximum absolute atomic E-state index is 5.33. The minimum atomic E-state index is -2.39. The Morgan fingerprint density at radius 1 is 0.750 bits per heavy atom. The molecular formula is C14H32I2O4P2S4Zn2-2. The Kier molecular flexibility index (Phi) is 42.4. The molecule has 0 aromatic carbocycles. The molecule has 166 valence electrons. The van der Waals surface area contributed by atoms with E-state index in [1.807, 2.05) is 27.7 Å². The molecule has 0 N–H and O–H groups in total. The van der Waals surface area contributed by atoms with Gasteiger partial charge in [-0.2, -0.15) is 0 Å². The van der Waals surface area contributed by atoms with Crippen LogP contribution in [0.1, 0.15) is 67.2 Å². The molecular weight excluding hydrogens is 807 g/mol. The van der Waals surface area contributed by atoms with Gasteiger partial charge in [-0.15, -0.1) is 0 Å². The summed E-state index contributed by atoms with van der Waals surface area (Å²) in [5, 5.41) is 0. The van der Waals surface area contributed by atoms with Gasteiger partial charge < -0.3 is 42.6 Å². The van der Waals surface area contributed by atoms with Crippen LogP contribution in [0.15, 0.2) is 0 Å². The second kappa shape index (κ2) is 27.8. The van der Waals surface area contributed by atoms with Crippen molar-refractivity contribution in [1.82, 2.24) is 0 Å². The zero-order valence-corrected chi connectivity index (χ0v) is 33.0. The van der Waals surface area contributed by atoms with Crippen molar-refractivity contribution < 1.29 is 57.1 Å². The fourth-order valence-corrected chi connectivity index (χ4v) is 6.04. The molecule has 0 aliphatic heterocycles. The second-order valence-corrected chi connectivity index (χ2v) is 15.5. The smallest absolute Gasteiger partial charge is 0.0575 e. The molecule has 0 saturated carbocycles. The Balaban J connectivity index is -0.000000109. The van der Waals surface area contributed by atoms with Gasteiger partial charge in [-0.05, 0) is 40.5 Å². The summed E-state index contributed by atoms with van der Waals surface area (Å²) in [6.45, 7) is 13.1. The van der Waals surface area contributed by atoms with Gasteiger partial charge in [0.2, 0.25) is 0 Å². The van der Waals surface area contributed by atoms with Crippen LogP contribution in [0.2, 0.25) is 0 Å². The molecule has 0 heterocycles. The van der Waals surface area contributed by atoms with Crippen LogP contribution in [0.25, 0.3) is 0 Å². The first-order valence-corrected chi connectivity index (χ1v) is 22.0. The number of rotatable bonds is 12. The van der Waals surface area contributed by atoms with Gasteiger partial charge >= 0.3 is 0 Å². The minimum absolute atomic E-state index is 0. The van der Waals surface area contributed by atoms with Crippen LogP contribution in [0, 0.1) is 0 Å². The van der Waals surface area contributed by atoms with Crippen molar-refractivity contribution in [3.63, 3.8) is 0 Å². The fraction of sp³-hybridized carbons (Fsp3) is 1.00. The molecule has 0 saturated heterocycles. The molecule has 0 aromatic heterocycles. The van der Waals surface area contributed by atoms with Crippen molar-refractivity contribution in [3.8, 4) is 0 Å². The molecule has 4 nitrogen and oxygen atoms in total. The maximum Gasteiger partial charge on any atom is 0.0575 e. The van der Waals surface area contributed by atoms with E-state index in [0.29, 0.717) is 13.2 Å². The number of hydrogen-bond donors (Lipinski definition) is 0. The molecule has 0 aliphatic rings. The maximum atomic E-state index is 5.33. The Bertz CT molecular complexity index is 388. The molecule has 0 atom stereocenters. The molecule has 0 fully saturated rings. The topological polar surface area (TPSA) is 36.9 Å². The van der Waals surface area contributed by atoms with Crippen molar-refractivity contribution >= 4 is 96.7 Å². The first-order chi connectivity index (χ1) is 12.0. The van der Waals surface area contributed by atoms with Crippen LogP contribution in [-0.4, -0.2) is 25.4 Å². The van der Waals surface area contributed by atoms with Gasteiger partial charge in [0.1, 0.15) is 0 Å². The van der Waals surface area contributed by atoms with E-state index in [0.717, 1.165) is 25.7 Å². The van der Waals surface area contributed by atoms with Crippen molar-refractivity contribution in [2.45, 2.75) is 79.4 Å². The normalized spacial score (nSPS) is 10.9. The van der Waals surface area contributed by atoms with E-state index in [-0.39, 0.29) is 51.2 Å². The molecule has 0 rings (SSSR count). The average molecular weight is 839 g/mol. The molecule has 28 heavy (non-hydrogen) atoms. The summed E-state index contributed by atoms with van der Waals surface area (Å²) in [5.74, 6) is 0. The molecule has 0 aliphatic carbocycles. The van der Waals surface area contributed by atoms with E-state index in [1.54, 1.807) is 0 Å². The Hall–Kier alpha value is 4.55. The van der Waals surface area contributed by atoms with Gasteiger partial charge in [-0.25, -0.2) is 0 Å². The molecule has 0 aromatic rings. The van der Waals surface area contributed by atoms with Crippen LogP contribution < -0.4 is 0 Å². The summed E-state index contributed by atoms with van der Waals surface area (Å²) in [5.41, 5.74) is -4.72. The third-order valence-corrected chi connectivity index (χ3v) is 6.83. The van der Waals surface area contributed by atoms with E-state index in [4.69, 9.17) is 66.2 Å². The van der Waals surface area contributed by atoms with Crippen LogP contribution >= 0.6 is 48.6 Å². The molecule has 0 unspecified atom stereocenters. The summed E-state index contributed by atoms with van der Waals surface area (Å²) < 4.78 is 21.2. The summed E-state index contributed by atoms with van der Waals surface area (Å²) in [6, 6.07) is 0. The van der Waals surface area contributed by atoms with Crippen molar-refractivity contribution in [1.29, 1.82) is 0 Å². The minimum Gasteiger partial charge on any atom is -0.691 e. The van der Waals surface area contributed by atoms with Crippen molar-refractivity contribution in [3.05, 3.63) is 0 Å². The van der Waals surface area contributed by atoms with Gasteiger partial charge in [0.15, 0.2) is 0 Å². The zero-order chi connectivity index (χ0) is 21.2. The van der Waals surface area contributed by atoms with Crippen LogP contribution in [0.3, 0.4) is 0 Å². The molecule has 0 bridgehead atoms. The van der Waals surface area contributed by atoms with Gasteiger partial charge in [0.25, 0.3) is 0 Å². The van der Waals surface area contributed by atoms with Crippen LogP contribution in [-0.2, 0) is 105 Å². The Labute approximate surface area is 243 Å². The van der Waals surface area contributed by atoms with E-state index in [9.17, 15) is 0 Å². The van der Waals surface area contributed by atoms with Gasteiger partial charge in [-0.3, -0.25) is 0 Å². The van der Waals surface area contributed by atoms with Gasteiger partial charge in [0, 0.05) is 76.2 Å². The van der Waals surface area contributed by atoms with Gasteiger partial charge in [0.05, 0.1) is 36.8 Å². The van der Waals surface area contributed by atoms with E-state index in [1.165, 1.54) is 0 Å². The predicted octanol–water partition coefficient (Wildman–Crippen LogP) is 7.77. The summed E-state index contributed by atoms with van der Waals surface area (Å²) in [7, 11) is 0. The third kappa shape index (κ3) is 37.8. The van der Waals surface area contributed by atoms with Crippen molar-refractivity contribution in [2.24, 2.45) is 0 Å². The first-order valence-electron chi connectivity index (χ1n) is 8.38. The number of hydrogen-bond acceptors (Lipinski definition) is 8. The third-order valence-electron chi connectivity index (χ3n) is 2.17. The Morgan fingerprint density at radius 2 is 1.04 bits per heavy atom. The van der Waals surface area contributed by atoms with E-state index in [2.05, 4.69) is 51.1 Å². The summed E-state index contributed by atoms with van der Waals surface area (Å²) in [6.07, 6.45) is 4.31. The van der Waals surface area contributed by atoms with Gasteiger partial charge in [-0.1, -0.05) is 50.3 Å².